The van der Waals surface area contributed by atoms with Gasteiger partial charge >= 0.3 is 0 Å². The zero-order chi connectivity index (χ0) is 11.7. The van der Waals surface area contributed by atoms with Crippen LogP contribution in [0.4, 0.5) is 5.82 Å². The van der Waals surface area contributed by atoms with Gasteiger partial charge in [-0.2, -0.15) is 0 Å². The second kappa shape index (κ2) is 4.09. The molecule has 1 aromatic heterocycles. The lowest BCUT2D eigenvalue weighted by molar-refractivity contribution is 0.0827. The normalized spacial score (nSPS) is 15.8. The highest BCUT2D eigenvalue weighted by Gasteiger charge is 2.24. The van der Waals surface area contributed by atoms with Crippen molar-refractivity contribution in [3.63, 3.8) is 0 Å². The van der Waals surface area contributed by atoms with Crippen molar-refractivity contribution in [1.29, 1.82) is 0 Å². The van der Waals surface area contributed by atoms with Crippen molar-refractivity contribution in [2.75, 3.05) is 32.1 Å². The number of anilines is 1. The number of nitrogens with two attached hydrogens (primary N) is 1. The van der Waals surface area contributed by atoms with E-state index in [4.69, 9.17) is 5.73 Å². The minimum atomic E-state index is -0.0284. The van der Waals surface area contributed by atoms with Crippen molar-refractivity contribution in [1.82, 2.24) is 9.88 Å². The molecule has 86 valence electrons. The van der Waals surface area contributed by atoms with Gasteiger partial charge in [-0.05, 0) is 12.1 Å². The van der Waals surface area contributed by atoms with Gasteiger partial charge in [0.15, 0.2) is 0 Å². The molecule has 5 heteroatoms. The van der Waals surface area contributed by atoms with Crippen molar-refractivity contribution in [2.45, 2.75) is 6.04 Å². The molecule has 0 radical (unpaired) electrons. The molecule has 0 spiro atoms. The average molecular weight is 220 g/mol. The number of aromatic nitrogens is 1. The summed E-state index contributed by atoms with van der Waals surface area (Å²) >= 11 is 0. The van der Waals surface area contributed by atoms with Crippen LogP contribution >= 0.6 is 0 Å². The van der Waals surface area contributed by atoms with E-state index in [1.54, 1.807) is 26.4 Å². The van der Waals surface area contributed by atoms with Gasteiger partial charge in [0.25, 0.3) is 5.91 Å². The molecule has 2 N–H and O–H groups in total. The molecule has 1 saturated heterocycles. The van der Waals surface area contributed by atoms with Crippen molar-refractivity contribution >= 4 is 11.7 Å². The van der Waals surface area contributed by atoms with Crippen molar-refractivity contribution in [2.24, 2.45) is 5.73 Å². The lowest BCUT2D eigenvalue weighted by Gasteiger charge is -2.37. The second-order valence-electron chi connectivity index (χ2n) is 4.27. The molecule has 1 aliphatic rings. The molecule has 1 amide bonds. The number of carbonyl (C=O) groups is 1. The van der Waals surface area contributed by atoms with Crippen molar-refractivity contribution in [3.05, 3.63) is 23.9 Å². The molecule has 1 aliphatic heterocycles. The third-order valence-electron chi connectivity index (χ3n) is 2.63. The van der Waals surface area contributed by atoms with Crippen molar-refractivity contribution < 1.29 is 4.79 Å². The molecule has 0 saturated carbocycles. The van der Waals surface area contributed by atoms with E-state index in [1.165, 1.54) is 4.90 Å². The summed E-state index contributed by atoms with van der Waals surface area (Å²) in [6.45, 7) is 1.68. The van der Waals surface area contributed by atoms with Crippen LogP contribution in [0.1, 0.15) is 10.4 Å². The maximum atomic E-state index is 11.6. The quantitative estimate of drug-likeness (QED) is 0.758. The number of hydrogen-bond acceptors (Lipinski definition) is 4. The topological polar surface area (TPSA) is 62.5 Å². The van der Waals surface area contributed by atoms with Gasteiger partial charge in [0.1, 0.15) is 5.82 Å². The fourth-order valence-electron chi connectivity index (χ4n) is 1.66. The van der Waals surface area contributed by atoms with E-state index in [-0.39, 0.29) is 11.9 Å². The van der Waals surface area contributed by atoms with E-state index < -0.39 is 0 Å². The SMILES string of the molecule is CN(C)C(=O)c1ccc(N2CC(N)C2)nc1. The Balaban J connectivity index is 2.08. The van der Waals surface area contributed by atoms with Gasteiger partial charge in [0.2, 0.25) is 0 Å². The minimum Gasteiger partial charge on any atom is -0.353 e. The molecule has 5 nitrogen and oxygen atoms in total. The van der Waals surface area contributed by atoms with Crippen LogP contribution in [0.5, 0.6) is 0 Å². The number of carbonyl (C=O) groups excluding carboxylic acids is 1. The molecule has 16 heavy (non-hydrogen) atoms. The Bertz CT molecular complexity index is 381. The molecule has 0 unspecified atom stereocenters. The first-order valence-corrected chi connectivity index (χ1v) is 5.26. The molecule has 0 atom stereocenters. The van der Waals surface area contributed by atoms with Gasteiger partial charge in [0.05, 0.1) is 5.56 Å². The van der Waals surface area contributed by atoms with Gasteiger partial charge in [-0.3, -0.25) is 4.79 Å². The summed E-state index contributed by atoms with van der Waals surface area (Å²) < 4.78 is 0. The maximum absolute atomic E-state index is 11.6. The molecular weight excluding hydrogens is 204 g/mol. The van der Waals surface area contributed by atoms with E-state index >= 15 is 0 Å². The first kappa shape index (κ1) is 10.9. The Labute approximate surface area is 94.9 Å². The summed E-state index contributed by atoms with van der Waals surface area (Å²) in [5.74, 6) is 0.858. The minimum absolute atomic E-state index is 0.0284. The zero-order valence-corrected chi connectivity index (χ0v) is 9.55. The van der Waals surface area contributed by atoms with Gasteiger partial charge < -0.3 is 15.5 Å². The summed E-state index contributed by atoms with van der Waals surface area (Å²) in [5, 5.41) is 0. The maximum Gasteiger partial charge on any atom is 0.254 e. The summed E-state index contributed by atoms with van der Waals surface area (Å²) in [7, 11) is 3.45. The highest BCUT2D eigenvalue weighted by Crippen LogP contribution is 2.17. The van der Waals surface area contributed by atoms with Crippen LogP contribution in [0.15, 0.2) is 18.3 Å². The number of amides is 1. The Morgan fingerprint density at radius 3 is 2.62 bits per heavy atom. The van der Waals surface area contributed by atoms with Crippen LogP contribution < -0.4 is 10.6 Å². The van der Waals surface area contributed by atoms with Gasteiger partial charge in [0, 0.05) is 39.4 Å². The molecule has 0 bridgehead atoms. The van der Waals surface area contributed by atoms with Crippen molar-refractivity contribution in [3.8, 4) is 0 Å². The number of nitrogens with zero attached hydrogens (tertiary/aromatic N) is 3. The largest absolute Gasteiger partial charge is 0.353 e. The molecule has 0 aromatic carbocycles. The Kier molecular flexibility index (Phi) is 2.78. The van der Waals surface area contributed by atoms with Crippen LogP contribution in [0.3, 0.4) is 0 Å². The highest BCUT2D eigenvalue weighted by molar-refractivity contribution is 5.93. The Hall–Kier alpha value is -1.62. The third-order valence-corrected chi connectivity index (χ3v) is 2.63. The van der Waals surface area contributed by atoms with Gasteiger partial charge in [-0.25, -0.2) is 4.98 Å². The Morgan fingerprint density at radius 2 is 2.19 bits per heavy atom. The zero-order valence-electron chi connectivity index (χ0n) is 9.55. The summed E-state index contributed by atoms with van der Waals surface area (Å²) in [6.07, 6.45) is 1.61. The van der Waals surface area contributed by atoms with Crippen LogP contribution in [0.2, 0.25) is 0 Å². The highest BCUT2D eigenvalue weighted by atomic mass is 16.2. The third kappa shape index (κ3) is 1.99. The van der Waals surface area contributed by atoms with E-state index in [0.29, 0.717) is 5.56 Å². The standard InChI is InChI=1S/C11H16N4O/c1-14(2)11(16)8-3-4-10(13-5-8)15-6-9(12)7-15/h3-5,9H,6-7,12H2,1-2H3. The number of rotatable bonds is 2. The fraction of sp³-hybridized carbons (Fsp3) is 0.455. The molecule has 2 heterocycles. The van der Waals surface area contributed by atoms with Gasteiger partial charge in [-0.1, -0.05) is 0 Å². The first-order chi connectivity index (χ1) is 7.58. The molecule has 1 aromatic rings. The monoisotopic (exact) mass is 220 g/mol. The molecular formula is C11H16N4O. The van der Waals surface area contributed by atoms with E-state index in [2.05, 4.69) is 9.88 Å². The average Bonchev–Trinajstić information content (AvgIpc) is 2.24. The summed E-state index contributed by atoms with van der Waals surface area (Å²) in [4.78, 5) is 19.5. The first-order valence-electron chi connectivity index (χ1n) is 5.26. The van der Waals surface area contributed by atoms with Crippen LogP contribution in [-0.2, 0) is 0 Å². The summed E-state index contributed by atoms with van der Waals surface area (Å²) in [6, 6.07) is 3.92. The molecule has 1 fully saturated rings. The lowest BCUT2D eigenvalue weighted by Crippen LogP contribution is -2.56. The van der Waals surface area contributed by atoms with Crippen LogP contribution in [-0.4, -0.2) is 49.0 Å². The fourth-order valence-corrected chi connectivity index (χ4v) is 1.66. The van der Waals surface area contributed by atoms with E-state index in [0.717, 1.165) is 18.9 Å². The summed E-state index contributed by atoms with van der Waals surface area (Å²) in [5.41, 5.74) is 6.30. The van der Waals surface area contributed by atoms with E-state index in [9.17, 15) is 4.79 Å². The lowest BCUT2D eigenvalue weighted by atomic mass is 10.1. The number of pyridine rings is 1. The molecule has 2 rings (SSSR count). The number of hydrogen-bond donors (Lipinski definition) is 1. The van der Waals surface area contributed by atoms with Gasteiger partial charge in [-0.15, -0.1) is 0 Å². The smallest absolute Gasteiger partial charge is 0.254 e. The van der Waals surface area contributed by atoms with E-state index in [1.807, 2.05) is 6.07 Å². The Morgan fingerprint density at radius 1 is 1.50 bits per heavy atom. The molecule has 0 aliphatic carbocycles. The predicted molar refractivity (Wildman–Crippen MR) is 62.4 cm³/mol. The van der Waals surface area contributed by atoms with Crippen LogP contribution in [0, 0.1) is 0 Å². The predicted octanol–water partition coefficient (Wildman–Crippen LogP) is -0.0693. The van der Waals surface area contributed by atoms with Crippen LogP contribution in [0.25, 0.3) is 0 Å². The second-order valence-corrected chi connectivity index (χ2v) is 4.27.